The number of aromatic nitrogens is 1. The van der Waals surface area contributed by atoms with Crippen LogP contribution in [0.1, 0.15) is 32.2 Å². The Bertz CT molecular complexity index is 557. The van der Waals surface area contributed by atoms with Gasteiger partial charge in [-0.05, 0) is 31.9 Å². The topological polar surface area (TPSA) is 30.0 Å². The number of Topliss-reactive ketones (excluding diaryl/α,β-unsaturated/α-hetero) is 1. The second-order valence-electron chi connectivity index (χ2n) is 4.21. The molecule has 0 aliphatic carbocycles. The summed E-state index contributed by atoms with van der Waals surface area (Å²) < 4.78 is 0. The van der Waals surface area contributed by atoms with Crippen LogP contribution in [0.3, 0.4) is 0 Å². The van der Waals surface area contributed by atoms with Gasteiger partial charge < -0.3 is 0 Å². The van der Waals surface area contributed by atoms with E-state index in [4.69, 9.17) is 0 Å². The summed E-state index contributed by atoms with van der Waals surface area (Å²) in [6.07, 6.45) is 0.397. The number of hydrogen-bond acceptors (Lipinski definition) is 3. The zero-order valence-corrected chi connectivity index (χ0v) is 11.1. The highest BCUT2D eigenvalue weighted by Gasteiger charge is 2.12. The molecule has 0 N–H and O–H groups in total. The molecule has 3 heteroatoms. The van der Waals surface area contributed by atoms with Crippen molar-refractivity contribution in [2.24, 2.45) is 0 Å². The van der Waals surface area contributed by atoms with E-state index >= 15 is 0 Å². The van der Waals surface area contributed by atoms with Crippen LogP contribution in [0.15, 0.2) is 23.6 Å². The van der Waals surface area contributed by atoms with Gasteiger partial charge in [-0.3, -0.25) is 4.79 Å². The predicted molar refractivity (Wildman–Crippen MR) is 70.8 cm³/mol. The Morgan fingerprint density at radius 1 is 1.29 bits per heavy atom. The third kappa shape index (κ3) is 2.61. The molecule has 0 fully saturated rings. The van der Waals surface area contributed by atoms with Gasteiger partial charge in [-0.15, -0.1) is 11.3 Å². The minimum atomic E-state index is 0.150. The maximum Gasteiger partial charge on any atom is 0.169 e. The van der Waals surface area contributed by atoms with Crippen LogP contribution >= 0.6 is 11.3 Å². The van der Waals surface area contributed by atoms with E-state index in [1.807, 2.05) is 44.4 Å². The van der Waals surface area contributed by atoms with Crippen LogP contribution in [-0.4, -0.2) is 10.8 Å². The Morgan fingerprint density at radius 3 is 2.71 bits per heavy atom. The summed E-state index contributed by atoms with van der Waals surface area (Å²) in [6, 6.07) is 5.85. The van der Waals surface area contributed by atoms with E-state index in [0.29, 0.717) is 6.42 Å². The number of carbonyl (C=O) groups excluding carboxylic acids is 1. The molecule has 88 valence electrons. The standard InChI is InChI=1S/C14H15NOS/c1-9-5-4-6-13(10(9)2)14(16)7-12-8-17-11(3)15-12/h4-6,8H,7H2,1-3H3. The Balaban J connectivity index is 2.23. The number of nitrogens with zero attached hydrogens (tertiary/aromatic N) is 1. The predicted octanol–water partition coefficient (Wildman–Crippen LogP) is 3.49. The smallest absolute Gasteiger partial charge is 0.169 e. The van der Waals surface area contributed by atoms with Crippen molar-refractivity contribution in [1.82, 2.24) is 4.98 Å². The lowest BCUT2D eigenvalue weighted by Gasteiger charge is -2.06. The fourth-order valence-electron chi connectivity index (χ4n) is 1.80. The minimum absolute atomic E-state index is 0.150. The summed E-state index contributed by atoms with van der Waals surface area (Å²) in [5.41, 5.74) is 3.92. The third-order valence-electron chi connectivity index (χ3n) is 2.91. The molecule has 2 rings (SSSR count). The zero-order chi connectivity index (χ0) is 12.4. The van der Waals surface area contributed by atoms with Crippen LogP contribution in [-0.2, 0) is 6.42 Å². The van der Waals surface area contributed by atoms with Gasteiger partial charge in [0.15, 0.2) is 5.78 Å². The van der Waals surface area contributed by atoms with Gasteiger partial charge in [0.25, 0.3) is 0 Å². The molecule has 0 atom stereocenters. The van der Waals surface area contributed by atoms with Gasteiger partial charge in [0.05, 0.1) is 17.1 Å². The highest BCUT2D eigenvalue weighted by atomic mass is 32.1. The summed E-state index contributed by atoms with van der Waals surface area (Å²) in [7, 11) is 0. The van der Waals surface area contributed by atoms with E-state index in [1.54, 1.807) is 11.3 Å². The lowest BCUT2D eigenvalue weighted by atomic mass is 9.98. The minimum Gasteiger partial charge on any atom is -0.294 e. The van der Waals surface area contributed by atoms with Crippen LogP contribution in [0.5, 0.6) is 0 Å². The fourth-order valence-corrected chi connectivity index (χ4v) is 2.41. The number of rotatable bonds is 3. The Hall–Kier alpha value is -1.48. The molecular weight excluding hydrogens is 230 g/mol. The first-order chi connectivity index (χ1) is 8.08. The lowest BCUT2D eigenvalue weighted by Crippen LogP contribution is -2.06. The number of hydrogen-bond donors (Lipinski definition) is 0. The van der Waals surface area contributed by atoms with Gasteiger partial charge >= 0.3 is 0 Å². The van der Waals surface area contributed by atoms with Crippen LogP contribution < -0.4 is 0 Å². The van der Waals surface area contributed by atoms with E-state index in [-0.39, 0.29) is 5.78 Å². The SMILES string of the molecule is Cc1nc(CC(=O)c2cccc(C)c2C)cs1. The average Bonchev–Trinajstić information content (AvgIpc) is 2.68. The molecule has 0 aliphatic rings. The molecule has 1 aromatic carbocycles. The summed E-state index contributed by atoms with van der Waals surface area (Å²) in [4.78, 5) is 16.5. The van der Waals surface area contributed by atoms with Gasteiger partial charge in [0.2, 0.25) is 0 Å². The van der Waals surface area contributed by atoms with Crippen molar-refractivity contribution in [3.8, 4) is 0 Å². The summed E-state index contributed by atoms with van der Waals surface area (Å²) in [6.45, 7) is 5.98. The number of ketones is 1. The molecule has 0 radical (unpaired) electrons. The first-order valence-corrected chi connectivity index (χ1v) is 6.46. The van der Waals surface area contributed by atoms with Crippen molar-refractivity contribution >= 4 is 17.1 Å². The van der Waals surface area contributed by atoms with Gasteiger partial charge in [-0.1, -0.05) is 18.2 Å². The molecule has 1 heterocycles. The maximum absolute atomic E-state index is 12.2. The fraction of sp³-hybridized carbons (Fsp3) is 0.286. The molecule has 0 saturated carbocycles. The first kappa shape index (κ1) is 12.0. The molecular formula is C14H15NOS. The van der Waals surface area contributed by atoms with Crippen LogP contribution in [0.25, 0.3) is 0 Å². The normalized spacial score (nSPS) is 10.5. The average molecular weight is 245 g/mol. The molecule has 0 aliphatic heterocycles. The molecule has 0 amide bonds. The molecule has 17 heavy (non-hydrogen) atoms. The molecule has 0 spiro atoms. The second-order valence-corrected chi connectivity index (χ2v) is 5.27. The Kier molecular flexibility index (Phi) is 3.38. The monoisotopic (exact) mass is 245 g/mol. The van der Waals surface area contributed by atoms with Crippen molar-refractivity contribution in [3.05, 3.63) is 51.0 Å². The van der Waals surface area contributed by atoms with E-state index < -0.39 is 0 Å². The summed E-state index contributed by atoms with van der Waals surface area (Å²) in [5, 5.41) is 2.96. The van der Waals surface area contributed by atoms with Gasteiger partial charge in [-0.2, -0.15) is 0 Å². The van der Waals surface area contributed by atoms with E-state index in [2.05, 4.69) is 4.98 Å². The summed E-state index contributed by atoms with van der Waals surface area (Å²) in [5.74, 6) is 0.150. The summed E-state index contributed by atoms with van der Waals surface area (Å²) >= 11 is 1.59. The molecule has 2 aromatic rings. The van der Waals surface area contributed by atoms with Gasteiger partial charge in [0, 0.05) is 10.9 Å². The van der Waals surface area contributed by atoms with Gasteiger partial charge in [0.1, 0.15) is 0 Å². The van der Waals surface area contributed by atoms with Crippen LogP contribution in [0.2, 0.25) is 0 Å². The molecule has 0 saturated heterocycles. The molecule has 0 bridgehead atoms. The Labute approximate surface area is 105 Å². The number of benzene rings is 1. The number of aryl methyl sites for hydroxylation is 2. The van der Waals surface area contributed by atoms with Crippen LogP contribution in [0.4, 0.5) is 0 Å². The first-order valence-electron chi connectivity index (χ1n) is 5.58. The second kappa shape index (κ2) is 4.80. The highest BCUT2D eigenvalue weighted by molar-refractivity contribution is 7.09. The molecule has 0 unspecified atom stereocenters. The molecule has 1 aromatic heterocycles. The van der Waals surface area contributed by atoms with E-state index in [0.717, 1.165) is 27.4 Å². The number of carbonyl (C=O) groups is 1. The van der Waals surface area contributed by atoms with Gasteiger partial charge in [-0.25, -0.2) is 4.98 Å². The third-order valence-corrected chi connectivity index (χ3v) is 3.74. The largest absolute Gasteiger partial charge is 0.294 e. The van der Waals surface area contributed by atoms with Crippen molar-refractivity contribution in [1.29, 1.82) is 0 Å². The highest BCUT2D eigenvalue weighted by Crippen LogP contribution is 2.16. The van der Waals surface area contributed by atoms with Crippen molar-refractivity contribution < 1.29 is 4.79 Å². The van der Waals surface area contributed by atoms with Crippen LogP contribution in [0, 0.1) is 20.8 Å². The zero-order valence-electron chi connectivity index (χ0n) is 10.3. The Morgan fingerprint density at radius 2 is 2.06 bits per heavy atom. The molecule has 2 nitrogen and oxygen atoms in total. The van der Waals surface area contributed by atoms with Crippen molar-refractivity contribution in [2.45, 2.75) is 27.2 Å². The van der Waals surface area contributed by atoms with Crippen molar-refractivity contribution in [3.63, 3.8) is 0 Å². The lowest BCUT2D eigenvalue weighted by molar-refractivity contribution is 0.0991. The quantitative estimate of drug-likeness (QED) is 0.775. The van der Waals surface area contributed by atoms with E-state index in [1.165, 1.54) is 0 Å². The maximum atomic E-state index is 12.2. The number of thiazole rings is 1. The van der Waals surface area contributed by atoms with E-state index in [9.17, 15) is 4.79 Å². The van der Waals surface area contributed by atoms with Crippen molar-refractivity contribution in [2.75, 3.05) is 0 Å².